The summed E-state index contributed by atoms with van der Waals surface area (Å²) in [6.45, 7) is 8.38. The van der Waals surface area contributed by atoms with Crippen LogP contribution in [0.1, 0.15) is 50.1 Å². The zero-order valence-electron chi connectivity index (χ0n) is 16.2. The molecule has 0 amide bonds. The van der Waals surface area contributed by atoms with E-state index >= 15 is 0 Å². The van der Waals surface area contributed by atoms with Crippen molar-refractivity contribution < 1.29 is 9.26 Å². The first-order valence-corrected chi connectivity index (χ1v) is 9.23. The van der Waals surface area contributed by atoms with Crippen LogP contribution >= 0.6 is 0 Å². The molecule has 2 aromatic rings. The van der Waals surface area contributed by atoms with Gasteiger partial charge >= 0.3 is 0 Å². The molecular weight excluding hydrogens is 328 g/mol. The van der Waals surface area contributed by atoms with E-state index in [4.69, 9.17) is 9.26 Å². The molecular formula is C20H30N4O2. The average Bonchev–Trinajstić information content (AvgIpc) is 3.12. The number of hydrogen-bond donors (Lipinski definition) is 2. The maximum atomic E-state index is 5.34. The van der Waals surface area contributed by atoms with Crippen LogP contribution in [-0.4, -0.2) is 31.3 Å². The minimum Gasteiger partial charge on any atom is -0.497 e. The zero-order valence-corrected chi connectivity index (χ0v) is 16.2. The fourth-order valence-electron chi connectivity index (χ4n) is 2.50. The summed E-state index contributed by atoms with van der Waals surface area (Å²) in [4.78, 5) is 4.57. The largest absolute Gasteiger partial charge is 0.497 e. The molecule has 142 valence electrons. The van der Waals surface area contributed by atoms with Gasteiger partial charge in [0.1, 0.15) is 12.3 Å². The Morgan fingerprint density at radius 2 is 2.12 bits per heavy atom. The molecule has 0 saturated carbocycles. The molecule has 2 N–H and O–H groups in total. The lowest BCUT2D eigenvalue weighted by atomic mass is 10.1. The Morgan fingerprint density at radius 3 is 2.81 bits per heavy atom. The van der Waals surface area contributed by atoms with Crippen molar-refractivity contribution in [2.24, 2.45) is 4.99 Å². The number of guanidine groups is 1. The van der Waals surface area contributed by atoms with E-state index in [0.29, 0.717) is 12.5 Å². The lowest BCUT2D eigenvalue weighted by molar-refractivity contribution is 0.376. The Labute approximate surface area is 156 Å². The molecule has 0 unspecified atom stereocenters. The van der Waals surface area contributed by atoms with Crippen molar-refractivity contribution in [2.75, 3.05) is 20.2 Å². The second kappa shape index (κ2) is 10.5. The predicted molar refractivity (Wildman–Crippen MR) is 105 cm³/mol. The van der Waals surface area contributed by atoms with Crippen molar-refractivity contribution >= 4 is 5.96 Å². The maximum Gasteiger partial charge on any atom is 0.191 e. The Kier molecular flexibility index (Phi) is 7.99. The van der Waals surface area contributed by atoms with Crippen LogP contribution in [0.15, 0.2) is 39.8 Å². The molecule has 0 fully saturated rings. The van der Waals surface area contributed by atoms with E-state index in [9.17, 15) is 0 Å². The third kappa shape index (κ3) is 6.43. The minimum absolute atomic E-state index is 0.361. The number of aliphatic imine (C=N–C) groups is 1. The molecule has 1 aromatic carbocycles. The van der Waals surface area contributed by atoms with Crippen LogP contribution in [0.4, 0.5) is 0 Å². The Balaban J connectivity index is 1.80. The van der Waals surface area contributed by atoms with Crippen LogP contribution in [0.25, 0.3) is 0 Å². The van der Waals surface area contributed by atoms with E-state index in [0.717, 1.165) is 49.1 Å². The van der Waals surface area contributed by atoms with Gasteiger partial charge in [0, 0.05) is 19.2 Å². The summed E-state index contributed by atoms with van der Waals surface area (Å²) in [5, 5.41) is 10.7. The third-order valence-electron chi connectivity index (χ3n) is 3.97. The van der Waals surface area contributed by atoms with Crippen molar-refractivity contribution in [2.45, 2.75) is 46.1 Å². The van der Waals surface area contributed by atoms with Gasteiger partial charge in [0.25, 0.3) is 0 Å². The number of aromatic nitrogens is 1. The fraction of sp³-hybridized carbons (Fsp3) is 0.500. The van der Waals surface area contributed by atoms with Crippen LogP contribution in [-0.2, 0) is 13.0 Å². The fourth-order valence-corrected chi connectivity index (χ4v) is 2.50. The molecule has 0 spiro atoms. The van der Waals surface area contributed by atoms with Gasteiger partial charge in [-0.1, -0.05) is 31.1 Å². The quantitative estimate of drug-likeness (QED) is 0.408. The SMILES string of the molecule is CCNC(=NCc1cc(C(C)C)no1)NCCCc1cccc(OC)c1. The molecule has 0 aliphatic heterocycles. The van der Waals surface area contributed by atoms with Crippen molar-refractivity contribution in [3.05, 3.63) is 47.3 Å². The third-order valence-corrected chi connectivity index (χ3v) is 3.97. The normalized spacial score (nSPS) is 11.7. The monoisotopic (exact) mass is 358 g/mol. The first-order valence-electron chi connectivity index (χ1n) is 9.23. The zero-order chi connectivity index (χ0) is 18.8. The molecule has 0 aliphatic carbocycles. The van der Waals surface area contributed by atoms with Gasteiger partial charge in [0.05, 0.1) is 12.8 Å². The summed E-state index contributed by atoms with van der Waals surface area (Å²) in [7, 11) is 1.69. The number of benzene rings is 1. The number of methoxy groups -OCH3 is 1. The van der Waals surface area contributed by atoms with Crippen molar-refractivity contribution in [1.82, 2.24) is 15.8 Å². The molecule has 2 rings (SSSR count). The topological polar surface area (TPSA) is 71.7 Å². The highest BCUT2D eigenvalue weighted by atomic mass is 16.5. The Morgan fingerprint density at radius 1 is 1.27 bits per heavy atom. The van der Waals surface area contributed by atoms with Gasteiger partial charge in [-0.3, -0.25) is 0 Å². The highest BCUT2D eigenvalue weighted by Crippen LogP contribution is 2.15. The molecule has 0 radical (unpaired) electrons. The van der Waals surface area contributed by atoms with E-state index < -0.39 is 0 Å². The minimum atomic E-state index is 0.361. The van der Waals surface area contributed by atoms with E-state index in [1.807, 2.05) is 18.2 Å². The molecule has 1 heterocycles. The van der Waals surface area contributed by atoms with Crippen molar-refractivity contribution in [1.29, 1.82) is 0 Å². The van der Waals surface area contributed by atoms with Crippen LogP contribution < -0.4 is 15.4 Å². The number of nitrogens with one attached hydrogen (secondary N) is 2. The second-order valence-corrected chi connectivity index (χ2v) is 6.45. The summed E-state index contributed by atoms with van der Waals surface area (Å²) in [6.07, 6.45) is 2.00. The Bertz CT molecular complexity index is 695. The predicted octanol–water partition coefficient (Wildman–Crippen LogP) is 3.49. The summed E-state index contributed by atoms with van der Waals surface area (Å²) < 4.78 is 10.6. The number of nitrogens with zero attached hydrogens (tertiary/aromatic N) is 2. The number of rotatable bonds is 9. The number of aryl methyl sites for hydroxylation is 1. The van der Waals surface area contributed by atoms with Gasteiger partial charge in [0.2, 0.25) is 0 Å². The molecule has 0 bridgehead atoms. The number of ether oxygens (including phenoxy) is 1. The van der Waals surface area contributed by atoms with Crippen LogP contribution in [0.3, 0.4) is 0 Å². The van der Waals surface area contributed by atoms with E-state index in [1.165, 1.54) is 5.56 Å². The van der Waals surface area contributed by atoms with E-state index in [-0.39, 0.29) is 0 Å². The number of hydrogen-bond acceptors (Lipinski definition) is 4. The second-order valence-electron chi connectivity index (χ2n) is 6.45. The smallest absolute Gasteiger partial charge is 0.191 e. The standard InChI is InChI=1S/C20H30N4O2/c1-5-21-20(23-14-18-13-19(15(2)3)24-26-18)22-11-7-9-16-8-6-10-17(12-16)25-4/h6,8,10,12-13,15H,5,7,9,11,14H2,1-4H3,(H2,21,22,23). The lowest BCUT2D eigenvalue weighted by Crippen LogP contribution is -2.37. The molecule has 26 heavy (non-hydrogen) atoms. The molecule has 0 saturated heterocycles. The molecule has 0 atom stereocenters. The van der Waals surface area contributed by atoms with Gasteiger partial charge in [-0.15, -0.1) is 0 Å². The molecule has 1 aromatic heterocycles. The van der Waals surface area contributed by atoms with Gasteiger partial charge in [-0.25, -0.2) is 4.99 Å². The molecule has 0 aliphatic rings. The van der Waals surface area contributed by atoms with E-state index in [2.05, 4.69) is 53.7 Å². The average molecular weight is 358 g/mol. The molecule has 6 nitrogen and oxygen atoms in total. The first kappa shape index (κ1) is 19.8. The summed E-state index contributed by atoms with van der Waals surface area (Å²) in [5.74, 6) is 2.83. The van der Waals surface area contributed by atoms with Crippen molar-refractivity contribution in [3.63, 3.8) is 0 Å². The van der Waals surface area contributed by atoms with Gasteiger partial charge in [-0.2, -0.15) is 0 Å². The van der Waals surface area contributed by atoms with Gasteiger partial charge in [0.15, 0.2) is 11.7 Å². The van der Waals surface area contributed by atoms with Gasteiger partial charge in [-0.05, 0) is 43.4 Å². The maximum absolute atomic E-state index is 5.34. The van der Waals surface area contributed by atoms with Gasteiger partial charge < -0.3 is 19.9 Å². The highest BCUT2D eigenvalue weighted by molar-refractivity contribution is 5.79. The lowest BCUT2D eigenvalue weighted by Gasteiger charge is -2.11. The first-order chi connectivity index (χ1) is 12.6. The summed E-state index contributed by atoms with van der Waals surface area (Å²) in [5.41, 5.74) is 2.24. The van der Waals surface area contributed by atoms with Crippen molar-refractivity contribution in [3.8, 4) is 5.75 Å². The van der Waals surface area contributed by atoms with Crippen LogP contribution in [0.5, 0.6) is 5.75 Å². The van der Waals surface area contributed by atoms with Crippen LogP contribution in [0, 0.1) is 0 Å². The summed E-state index contributed by atoms with van der Waals surface area (Å²) in [6, 6.07) is 10.2. The highest BCUT2D eigenvalue weighted by Gasteiger charge is 2.07. The summed E-state index contributed by atoms with van der Waals surface area (Å²) >= 11 is 0. The van der Waals surface area contributed by atoms with E-state index in [1.54, 1.807) is 7.11 Å². The van der Waals surface area contributed by atoms with Crippen LogP contribution in [0.2, 0.25) is 0 Å². The molecule has 6 heteroatoms. The Hall–Kier alpha value is -2.50.